The second-order valence-electron chi connectivity index (χ2n) is 8.01. The molecule has 7 nitrogen and oxygen atoms in total. The second kappa shape index (κ2) is 9.30. The van der Waals surface area contributed by atoms with Gasteiger partial charge >= 0.3 is 0 Å². The van der Waals surface area contributed by atoms with E-state index in [1.807, 2.05) is 30.9 Å². The molecule has 0 saturated carbocycles. The molecule has 1 N–H and O–H groups in total. The number of nitrogens with one attached hydrogen (secondary N) is 1. The normalized spacial score (nSPS) is 16.6. The molecule has 1 atom stereocenters. The quantitative estimate of drug-likeness (QED) is 0.694. The standard InChI is InChI=1S/C23H29N3O4S/c1-16-5-6-17(2)22(15-16)31(29,30)26-13-11-25(12-14-26)18(3)23(28)24-21-9-7-20(8-10-21)19(4)27/h5-10,15,18H,11-14H2,1-4H3,(H,24,28). The lowest BCUT2D eigenvalue weighted by Gasteiger charge is -2.37. The lowest BCUT2D eigenvalue weighted by molar-refractivity contribution is -0.121. The molecule has 31 heavy (non-hydrogen) atoms. The number of carbonyl (C=O) groups is 2. The average Bonchev–Trinajstić information content (AvgIpc) is 2.75. The maximum absolute atomic E-state index is 13.1. The maximum atomic E-state index is 13.1. The van der Waals surface area contributed by atoms with E-state index in [-0.39, 0.29) is 11.7 Å². The summed E-state index contributed by atoms with van der Waals surface area (Å²) >= 11 is 0. The van der Waals surface area contributed by atoms with Gasteiger partial charge in [0.2, 0.25) is 15.9 Å². The number of carbonyl (C=O) groups excluding carboxylic acids is 2. The monoisotopic (exact) mass is 443 g/mol. The molecule has 0 radical (unpaired) electrons. The van der Waals surface area contributed by atoms with E-state index in [2.05, 4.69) is 5.32 Å². The highest BCUT2D eigenvalue weighted by atomic mass is 32.2. The number of piperazine rings is 1. The second-order valence-corrected chi connectivity index (χ2v) is 9.91. The fourth-order valence-electron chi connectivity index (χ4n) is 3.66. The summed E-state index contributed by atoms with van der Waals surface area (Å²) < 4.78 is 27.7. The molecule has 0 bridgehead atoms. The summed E-state index contributed by atoms with van der Waals surface area (Å²) in [5, 5.41) is 2.86. The van der Waals surface area contributed by atoms with Crippen LogP contribution in [0.25, 0.3) is 0 Å². The Morgan fingerprint density at radius 1 is 0.968 bits per heavy atom. The van der Waals surface area contributed by atoms with Crippen LogP contribution in [0.1, 0.15) is 35.3 Å². The highest BCUT2D eigenvalue weighted by Crippen LogP contribution is 2.23. The number of hydrogen-bond acceptors (Lipinski definition) is 5. The van der Waals surface area contributed by atoms with Gasteiger partial charge in [0.05, 0.1) is 10.9 Å². The van der Waals surface area contributed by atoms with E-state index in [4.69, 9.17) is 0 Å². The Morgan fingerprint density at radius 2 is 1.58 bits per heavy atom. The first-order valence-corrected chi connectivity index (χ1v) is 11.8. The Bertz CT molecular complexity index is 1070. The van der Waals surface area contributed by atoms with Gasteiger partial charge < -0.3 is 5.32 Å². The zero-order chi connectivity index (χ0) is 22.8. The molecule has 1 saturated heterocycles. The predicted molar refractivity (Wildman–Crippen MR) is 121 cm³/mol. The molecule has 1 amide bonds. The highest BCUT2D eigenvalue weighted by molar-refractivity contribution is 7.89. The first-order valence-electron chi connectivity index (χ1n) is 10.3. The van der Waals surface area contributed by atoms with Crippen LogP contribution < -0.4 is 5.32 Å². The molecule has 2 aromatic carbocycles. The van der Waals surface area contributed by atoms with Crippen LogP contribution in [0.5, 0.6) is 0 Å². The number of anilines is 1. The first kappa shape index (κ1) is 23.1. The van der Waals surface area contributed by atoms with Gasteiger partial charge in [0, 0.05) is 37.4 Å². The zero-order valence-electron chi connectivity index (χ0n) is 18.4. The summed E-state index contributed by atoms with van der Waals surface area (Å²) in [7, 11) is -3.57. The number of benzene rings is 2. The lowest BCUT2D eigenvalue weighted by Crippen LogP contribution is -2.54. The van der Waals surface area contributed by atoms with Crippen molar-refractivity contribution < 1.29 is 18.0 Å². The Labute approximate surface area is 184 Å². The number of sulfonamides is 1. The molecular formula is C23H29N3O4S. The number of Topliss-reactive ketones (excluding diaryl/α,β-unsaturated/α-hetero) is 1. The largest absolute Gasteiger partial charge is 0.325 e. The number of nitrogens with zero attached hydrogens (tertiary/aromatic N) is 2. The van der Waals surface area contributed by atoms with Crippen LogP contribution in [-0.2, 0) is 14.8 Å². The summed E-state index contributed by atoms with van der Waals surface area (Å²) in [6.45, 7) is 8.61. The first-order chi connectivity index (χ1) is 14.6. The Kier molecular flexibility index (Phi) is 6.93. The van der Waals surface area contributed by atoms with Gasteiger partial charge in [0.1, 0.15) is 0 Å². The van der Waals surface area contributed by atoms with E-state index in [9.17, 15) is 18.0 Å². The minimum Gasteiger partial charge on any atom is -0.325 e. The molecule has 1 unspecified atom stereocenters. The van der Waals surface area contributed by atoms with Crippen LogP contribution >= 0.6 is 0 Å². The summed E-state index contributed by atoms with van der Waals surface area (Å²) in [6.07, 6.45) is 0. The molecule has 0 spiro atoms. The number of rotatable bonds is 6. The minimum atomic E-state index is -3.57. The van der Waals surface area contributed by atoms with E-state index in [0.29, 0.717) is 42.3 Å². The van der Waals surface area contributed by atoms with E-state index in [1.54, 1.807) is 37.3 Å². The molecule has 1 aliphatic rings. The van der Waals surface area contributed by atoms with Crippen LogP contribution in [0.3, 0.4) is 0 Å². The molecule has 1 fully saturated rings. The maximum Gasteiger partial charge on any atom is 0.243 e. The van der Waals surface area contributed by atoms with Crippen LogP contribution in [-0.4, -0.2) is 61.5 Å². The van der Waals surface area contributed by atoms with Gasteiger partial charge in [-0.3, -0.25) is 14.5 Å². The molecule has 3 rings (SSSR count). The lowest BCUT2D eigenvalue weighted by atomic mass is 10.1. The van der Waals surface area contributed by atoms with Gasteiger partial charge in [-0.25, -0.2) is 8.42 Å². The smallest absolute Gasteiger partial charge is 0.243 e. The van der Waals surface area contributed by atoms with Gasteiger partial charge in [-0.05, 0) is 69.2 Å². The topological polar surface area (TPSA) is 86.8 Å². The number of amides is 1. The Hall–Kier alpha value is -2.55. The summed E-state index contributed by atoms with van der Waals surface area (Å²) in [5.74, 6) is -0.193. The molecule has 166 valence electrons. The fraction of sp³-hybridized carbons (Fsp3) is 0.391. The molecule has 0 aromatic heterocycles. The van der Waals surface area contributed by atoms with Crippen LogP contribution in [0.15, 0.2) is 47.4 Å². The Morgan fingerprint density at radius 3 is 2.16 bits per heavy atom. The van der Waals surface area contributed by atoms with E-state index in [1.165, 1.54) is 11.2 Å². The van der Waals surface area contributed by atoms with Crippen LogP contribution in [0.4, 0.5) is 5.69 Å². The summed E-state index contributed by atoms with van der Waals surface area (Å²) in [5.41, 5.74) is 2.85. The van der Waals surface area contributed by atoms with Gasteiger partial charge in [0.25, 0.3) is 0 Å². The van der Waals surface area contributed by atoms with Gasteiger partial charge in [-0.15, -0.1) is 0 Å². The SMILES string of the molecule is CC(=O)c1ccc(NC(=O)C(C)N2CCN(S(=O)(=O)c3cc(C)ccc3C)CC2)cc1. The van der Waals surface area contributed by atoms with Crippen LogP contribution in [0, 0.1) is 13.8 Å². The highest BCUT2D eigenvalue weighted by Gasteiger charge is 2.32. The van der Waals surface area contributed by atoms with Gasteiger partial charge in [-0.1, -0.05) is 12.1 Å². The fourth-order valence-corrected chi connectivity index (χ4v) is 5.39. The van der Waals surface area contributed by atoms with Crippen molar-refractivity contribution in [2.45, 2.75) is 38.6 Å². The van der Waals surface area contributed by atoms with E-state index in [0.717, 1.165) is 11.1 Å². The third kappa shape index (κ3) is 5.20. The van der Waals surface area contributed by atoms with Crippen molar-refractivity contribution in [2.75, 3.05) is 31.5 Å². The molecular weight excluding hydrogens is 414 g/mol. The van der Waals surface area contributed by atoms with Crippen molar-refractivity contribution in [1.29, 1.82) is 0 Å². The van der Waals surface area contributed by atoms with Crippen molar-refractivity contribution in [3.63, 3.8) is 0 Å². The summed E-state index contributed by atoms with van der Waals surface area (Å²) in [6, 6.07) is 11.8. The predicted octanol–water partition coefficient (Wildman–Crippen LogP) is 2.84. The van der Waals surface area contributed by atoms with Crippen molar-refractivity contribution in [1.82, 2.24) is 9.21 Å². The molecule has 1 heterocycles. The van der Waals surface area contributed by atoms with Crippen molar-refractivity contribution >= 4 is 27.4 Å². The van der Waals surface area contributed by atoms with Crippen molar-refractivity contribution in [3.05, 3.63) is 59.2 Å². The molecule has 0 aliphatic carbocycles. The zero-order valence-corrected chi connectivity index (χ0v) is 19.2. The summed E-state index contributed by atoms with van der Waals surface area (Å²) in [4.78, 5) is 26.4. The molecule has 1 aliphatic heterocycles. The van der Waals surface area contributed by atoms with Crippen molar-refractivity contribution in [3.8, 4) is 0 Å². The average molecular weight is 444 g/mol. The third-order valence-corrected chi connectivity index (χ3v) is 7.76. The van der Waals surface area contributed by atoms with Gasteiger partial charge in [0.15, 0.2) is 5.78 Å². The van der Waals surface area contributed by atoms with Crippen molar-refractivity contribution in [2.24, 2.45) is 0 Å². The molecule has 2 aromatic rings. The Balaban J connectivity index is 1.61. The molecule has 8 heteroatoms. The number of ketones is 1. The number of hydrogen-bond donors (Lipinski definition) is 1. The third-order valence-electron chi connectivity index (χ3n) is 5.72. The number of aryl methyl sites for hydroxylation is 2. The van der Waals surface area contributed by atoms with E-state index >= 15 is 0 Å². The van der Waals surface area contributed by atoms with Gasteiger partial charge in [-0.2, -0.15) is 4.31 Å². The van der Waals surface area contributed by atoms with E-state index < -0.39 is 16.1 Å². The minimum absolute atomic E-state index is 0.0278. The van der Waals surface area contributed by atoms with Crippen LogP contribution in [0.2, 0.25) is 0 Å².